The zero-order valence-electron chi connectivity index (χ0n) is 23.9. The first-order valence-electron chi connectivity index (χ1n) is 14.8. The van der Waals surface area contributed by atoms with E-state index in [0.717, 1.165) is 13.0 Å². The number of ether oxygens (including phenoxy) is 2. The van der Waals surface area contributed by atoms with E-state index in [2.05, 4.69) is 21.9 Å². The van der Waals surface area contributed by atoms with Crippen LogP contribution in [0.2, 0.25) is 0 Å². The molecule has 224 valence electrons. The molecule has 2 aromatic rings. The molecule has 2 aromatic heterocycles. The van der Waals surface area contributed by atoms with Crippen LogP contribution in [0.5, 0.6) is 0 Å². The number of anilines is 2. The van der Waals surface area contributed by atoms with Gasteiger partial charge in [0.2, 0.25) is 5.95 Å². The van der Waals surface area contributed by atoms with Gasteiger partial charge in [-0.25, -0.2) is 4.98 Å². The summed E-state index contributed by atoms with van der Waals surface area (Å²) in [4.78, 5) is 22.1. The second-order valence-corrected chi connectivity index (χ2v) is 11.9. The number of aromatic nitrogens is 4. The molecule has 2 heterocycles. The Morgan fingerprint density at radius 1 is 0.795 bits per heavy atom. The summed E-state index contributed by atoms with van der Waals surface area (Å²) in [5.74, 6) is 0.258. The summed E-state index contributed by atoms with van der Waals surface area (Å²) in [5, 5.41) is 0. The van der Waals surface area contributed by atoms with Gasteiger partial charge in [-0.15, -0.1) is 0 Å². The van der Waals surface area contributed by atoms with E-state index in [4.69, 9.17) is 25.5 Å². The highest BCUT2D eigenvalue weighted by atomic mass is 31.2. The average Bonchev–Trinajstić information content (AvgIpc) is 3.31. The third kappa shape index (κ3) is 15.0. The fraction of sp³-hybridized carbons (Fsp3) is 0.815. The standard InChI is InChI=1S/C27H51N6O5P/c1-2-3-4-5-6-7-8-9-10-11-12-13-14-15-18-36-19-16-20-38-39(34,35)23-37-21-17-33-22-30-24-25(28)31-27(29)32-26(24)33/h22H,2-21,23H2,1H3,(H,34,35)(H4,28,29,31,32). The SMILES string of the molecule is CCCCCCCCCCCCCCCCOCCCOP(=O)(O)COCCn1cnc2c(N)nc(N)nc21. The Balaban J connectivity index is 1.36. The highest BCUT2D eigenvalue weighted by Gasteiger charge is 2.19. The van der Waals surface area contributed by atoms with Crippen molar-refractivity contribution in [2.45, 2.75) is 110 Å². The molecule has 1 unspecified atom stereocenters. The molecule has 0 saturated carbocycles. The quantitative estimate of drug-likeness (QED) is 0.0946. The molecule has 2 rings (SSSR count). The van der Waals surface area contributed by atoms with Gasteiger partial charge >= 0.3 is 7.60 Å². The topological polar surface area (TPSA) is 161 Å². The van der Waals surface area contributed by atoms with Crippen LogP contribution in [0, 0.1) is 0 Å². The first-order chi connectivity index (χ1) is 18.9. The van der Waals surface area contributed by atoms with Crippen molar-refractivity contribution in [1.29, 1.82) is 0 Å². The number of fused-ring (bicyclic) bond motifs is 1. The summed E-state index contributed by atoms with van der Waals surface area (Å²) in [6, 6.07) is 0. The lowest BCUT2D eigenvalue weighted by Gasteiger charge is -2.13. The van der Waals surface area contributed by atoms with Crippen molar-refractivity contribution in [1.82, 2.24) is 19.5 Å². The van der Waals surface area contributed by atoms with Crippen LogP contribution in [0.1, 0.15) is 103 Å². The van der Waals surface area contributed by atoms with Gasteiger partial charge in [-0.2, -0.15) is 9.97 Å². The summed E-state index contributed by atoms with van der Waals surface area (Å²) in [6.45, 7) is 4.19. The maximum atomic E-state index is 12.2. The van der Waals surface area contributed by atoms with E-state index >= 15 is 0 Å². The van der Waals surface area contributed by atoms with Gasteiger partial charge in [-0.05, 0) is 12.8 Å². The number of unbranched alkanes of at least 4 members (excludes halogenated alkanes) is 13. The fourth-order valence-electron chi connectivity index (χ4n) is 4.40. The van der Waals surface area contributed by atoms with Crippen molar-refractivity contribution in [2.24, 2.45) is 0 Å². The van der Waals surface area contributed by atoms with Gasteiger partial charge in [-0.1, -0.05) is 90.4 Å². The van der Waals surface area contributed by atoms with E-state index in [1.54, 1.807) is 10.9 Å². The number of hydrogen-bond donors (Lipinski definition) is 3. The summed E-state index contributed by atoms with van der Waals surface area (Å²) in [5.41, 5.74) is 12.4. The highest BCUT2D eigenvalue weighted by Crippen LogP contribution is 2.41. The fourth-order valence-corrected chi connectivity index (χ4v) is 5.24. The molecule has 0 fully saturated rings. The molecular weight excluding hydrogens is 519 g/mol. The monoisotopic (exact) mass is 570 g/mol. The van der Waals surface area contributed by atoms with Crippen molar-refractivity contribution in [3.05, 3.63) is 6.33 Å². The number of nitrogens with two attached hydrogens (primary N) is 2. The van der Waals surface area contributed by atoms with Crippen LogP contribution >= 0.6 is 7.60 Å². The number of rotatable bonds is 25. The molecular formula is C27H51N6O5P. The second kappa shape index (κ2) is 20.2. The first kappa shape index (κ1) is 33.4. The van der Waals surface area contributed by atoms with Crippen molar-refractivity contribution in [3.63, 3.8) is 0 Å². The molecule has 11 nitrogen and oxygen atoms in total. The first-order valence-corrected chi connectivity index (χ1v) is 16.5. The summed E-state index contributed by atoms with van der Waals surface area (Å²) < 4.78 is 30.0. The van der Waals surface area contributed by atoms with Gasteiger partial charge in [0.15, 0.2) is 11.5 Å². The number of nitrogens with zero attached hydrogens (tertiary/aromatic N) is 4. The molecule has 0 aliphatic heterocycles. The van der Waals surface area contributed by atoms with Crippen molar-refractivity contribution >= 4 is 30.5 Å². The van der Waals surface area contributed by atoms with E-state index in [9.17, 15) is 9.46 Å². The molecule has 5 N–H and O–H groups in total. The Bertz CT molecular complexity index is 960. The third-order valence-electron chi connectivity index (χ3n) is 6.61. The van der Waals surface area contributed by atoms with Crippen LogP contribution in [0.15, 0.2) is 6.33 Å². The Kier molecular flexibility index (Phi) is 17.3. The summed E-state index contributed by atoms with van der Waals surface area (Å²) >= 11 is 0. The molecule has 0 aliphatic carbocycles. The Morgan fingerprint density at radius 3 is 2.03 bits per heavy atom. The minimum Gasteiger partial charge on any atom is -0.382 e. The van der Waals surface area contributed by atoms with Crippen molar-refractivity contribution < 1.29 is 23.5 Å². The lowest BCUT2D eigenvalue weighted by Crippen LogP contribution is -2.09. The van der Waals surface area contributed by atoms with Gasteiger partial charge < -0.3 is 34.9 Å². The van der Waals surface area contributed by atoms with E-state index in [-0.39, 0.29) is 25.0 Å². The van der Waals surface area contributed by atoms with E-state index in [1.165, 1.54) is 83.5 Å². The zero-order valence-corrected chi connectivity index (χ0v) is 24.8. The van der Waals surface area contributed by atoms with E-state index < -0.39 is 13.9 Å². The Hall–Kier alpha value is -1.78. The van der Waals surface area contributed by atoms with Gasteiger partial charge in [0.1, 0.15) is 11.9 Å². The molecule has 0 radical (unpaired) electrons. The number of imidazole rings is 1. The largest absolute Gasteiger partial charge is 0.382 e. The minimum atomic E-state index is -3.82. The Morgan fingerprint density at radius 2 is 1.38 bits per heavy atom. The maximum Gasteiger partial charge on any atom is 0.353 e. The molecule has 0 aromatic carbocycles. The lowest BCUT2D eigenvalue weighted by molar-refractivity contribution is 0.106. The van der Waals surface area contributed by atoms with E-state index in [1.807, 2.05) is 0 Å². The Labute approximate surface area is 233 Å². The van der Waals surface area contributed by atoms with Crippen LogP contribution in [-0.4, -0.2) is 57.2 Å². The molecule has 1 atom stereocenters. The van der Waals surface area contributed by atoms with E-state index in [0.29, 0.717) is 30.7 Å². The molecule has 39 heavy (non-hydrogen) atoms. The van der Waals surface area contributed by atoms with Gasteiger partial charge in [-0.3, -0.25) is 4.57 Å². The molecule has 0 bridgehead atoms. The van der Waals surface area contributed by atoms with Gasteiger partial charge in [0.25, 0.3) is 0 Å². The van der Waals surface area contributed by atoms with Gasteiger partial charge in [0, 0.05) is 19.8 Å². The maximum absolute atomic E-state index is 12.2. The van der Waals surface area contributed by atoms with Crippen LogP contribution < -0.4 is 11.5 Å². The average molecular weight is 571 g/mol. The third-order valence-corrected chi connectivity index (χ3v) is 7.70. The van der Waals surface area contributed by atoms with Crippen molar-refractivity contribution in [3.8, 4) is 0 Å². The predicted octanol–water partition coefficient (Wildman–Crippen LogP) is 6.05. The van der Waals surface area contributed by atoms with Crippen molar-refractivity contribution in [2.75, 3.05) is 44.2 Å². The smallest absolute Gasteiger partial charge is 0.353 e. The molecule has 0 spiro atoms. The number of nitrogen functional groups attached to an aromatic ring is 2. The van der Waals surface area contributed by atoms with Crippen LogP contribution in [0.4, 0.5) is 11.8 Å². The summed E-state index contributed by atoms with van der Waals surface area (Å²) in [6.07, 6.45) is 20.4. The normalized spacial score (nSPS) is 13.3. The molecule has 0 aliphatic rings. The molecule has 12 heteroatoms. The second-order valence-electron chi connectivity index (χ2n) is 10.1. The predicted molar refractivity (Wildman–Crippen MR) is 156 cm³/mol. The minimum absolute atomic E-state index is 0.0551. The van der Waals surface area contributed by atoms with Crippen LogP contribution in [-0.2, 0) is 25.1 Å². The number of hydrogen-bond acceptors (Lipinski definition) is 9. The van der Waals surface area contributed by atoms with Crippen LogP contribution in [0.3, 0.4) is 0 Å². The zero-order chi connectivity index (χ0) is 28.2. The molecule has 0 amide bonds. The highest BCUT2D eigenvalue weighted by molar-refractivity contribution is 7.52. The van der Waals surface area contributed by atoms with Crippen LogP contribution in [0.25, 0.3) is 11.2 Å². The van der Waals surface area contributed by atoms with Gasteiger partial charge in [0.05, 0.1) is 19.5 Å². The lowest BCUT2D eigenvalue weighted by atomic mass is 10.0. The summed E-state index contributed by atoms with van der Waals surface area (Å²) in [7, 11) is -3.82. The molecule has 0 saturated heterocycles.